The Morgan fingerprint density at radius 3 is 1.19 bits per heavy atom. The van der Waals surface area contributed by atoms with Crippen molar-refractivity contribution < 1.29 is 9.47 Å². The molecular formula is C32H52N2O2. The summed E-state index contributed by atoms with van der Waals surface area (Å²) in [4.78, 5) is 4.87. The number of unbranched alkanes of at least 4 members (excludes halogenated alkanes) is 5. The van der Waals surface area contributed by atoms with Crippen molar-refractivity contribution in [2.75, 3.05) is 40.4 Å². The Labute approximate surface area is 222 Å². The third-order valence-electron chi connectivity index (χ3n) is 7.53. The molecule has 2 rings (SSSR count). The molecule has 0 aliphatic carbocycles. The normalized spacial score (nSPS) is 13.3. The number of hydrogen-bond acceptors (Lipinski definition) is 4. The Kier molecular flexibility index (Phi) is 13.4. The minimum Gasteiger partial charge on any atom is -0.491 e. The number of likely N-dealkylation sites (N-methyl/N-ethyl adjacent to an activating group) is 2. The second-order valence-electron chi connectivity index (χ2n) is 10.8. The van der Waals surface area contributed by atoms with E-state index in [0.29, 0.717) is 12.1 Å². The third kappa shape index (κ3) is 10.1. The summed E-state index contributed by atoms with van der Waals surface area (Å²) in [5, 5.41) is 0. The van der Waals surface area contributed by atoms with Crippen molar-refractivity contribution in [1.29, 1.82) is 0 Å². The van der Waals surface area contributed by atoms with Crippen LogP contribution in [0.25, 0.3) is 0 Å². The molecule has 0 N–H and O–H groups in total. The number of rotatable bonds is 17. The Balaban J connectivity index is 1.51. The van der Waals surface area contributed by atoms with Crippen molar-refractivity contribution >= 4 is 0 Å². The van der Waals surface area contributed by atoms with Gasteiger partial charge in [-0.1, -0.05) is 62.1 Å². The lowest BCUT2D eigenvalue weighted by Crippen LogP contribution is -2.35. The molecule has 2 aromatic rings. The second kappa shape index (κ2) is 15.9. The SMILES string of the molecule is Cc1cccc(C)c1OCC(C)N(C)CCCCCCCCN(C)C(C)COc1c(C)cccc1C. The van der Waals surface area contributed by atoms with Gasteiger partial charge >= 0.3 is 0 Å². The number of aryl methyl sites for hydroxylation is 4. The van der Waals surface area contributed by atoms with Gasteiger partial charge in [-0.15, -0.1) is 0 Å². The lowest BCUT2D eigenvalue weighted by atomic mass is 10.1. The molecule has 0 aromatic heterocycles. The Hall–Kier alpha value is -2.04. The van der Waals surface area contributed by atoms with Gasteiger partial charge in [0.25, 0.3) is 0 Å². The average Bonchev–Trinajstić information content (AvgIpc) is 2.84. The van der Waals surface area contributed by atoms with Crippen LogP contribution in [0.3, 0.4) is 0 Å². The first-order valence-corrected chi connectivity index (χ1v) is 14.0. The van der Waals surface area contributed by atoms with Gasteiger partial charge in [-0.25, -0.2) is 0 Å². The van der Waals surface area contributed by atoms with Crippen LogP contribution in [0, 0.1) is 27.7 Å². The van der Waals surface area contributed by atoms with Crippen LogP contribution in [-0.4, -0.2) is 62.3 Å². The number of ether oxygens (including phenoxy) is 2. The van der Waals surface area contributed by atoms with E-state index in [-0.39, 0.29) is 0 Å². The zero-order chi connectivity index (χ0) is 26.5. The van der Waals surface area contributed by atoms with E-state index in [1.807, 2.05) is 0 Å². The van der Waals surface area contributed by atoms with E-state index >= 15 is 0 Å². The average molecular weight is 497 g/mol. The Bertz CT molecular complexity index is 784. The Morgan fingerprint density at radius 1 is 0.556 bits per heavy atom. The summed E-state index contributed by atoms with van der Waals surface area (Å²) in [6.07, 6.45) is 7.80. The largest absolute Gasteiger partial charge is 0.491 e. The molecule has 2 aromatic carbocycles. The van der Waals surface area contributed by atoms with E-state index in [0.717, 1.165) is 37.8 Å². The van der Waals surface area contributed by atoms with Gasteiger partial charge in [0.05, 0.1) is 0 Å². The highest BCUT2D eigenvalue weighted by atomic mass is 16.5. The van der Waals surface area contributed by atoms with E-state index in [9.17, 15) is 0 Å². The van der Waals surface area contributed by atoms with Gasteiger partial charge in [-0.05, 0) is 104 Å². The molecule has 0 fully saturated rings. The van der Waals surface area contributed by atoms with Gasteiger partial charge < -0.3 is 19.3 Å². The van der Waals surface area contributed by atoms with E-state index < -0.39 is 0 Å². The highest BCUT2D eigenvalue weighted by Crippen LogP contribution is 2.23. The molecule has 0 bridgehead atoms. The fraction of sp³-hybridized carbons (Fsp3) is 0.625. The van der Waals surface area contributed by atoms with Crippen LogP contribution in [-0.2, 0) is 0 Å². The first-order chi connectivity index (χ1) is 17.2. The predicted octanol–water partition coefficient (Wildman–Crippen LogP) is 7.36. The molecule has 0 saturated carbocycles. The standard InChI is InChI=1S/C32H52N2O2/c1-25-17-15-18-26(2)31(25)35-23-29(5)33(7)21-13-11-9-10-12-14-22-34(8)30(6)24-36-32-27(3)19-16-20-28(32)4/h15-20,29-30H,9-14,21-24H2,1-8H3. The van der Waals surface area contributed by atoms with E-state index in [4.69, 9.17) is 9.47 Å². The monoisotopic (exact) mass is 496 g/mol. The molecular weight excluding hydrogens is 444 g/mol. The summed E-state index contributed by atoms with van der Waals surface area (Å²) in [5.41, 5.74) is 4.87. The summed E-state index contributed by atoms with van der Waals surface area (Å²) < 4.78 is 12.3. The van der Waals surface area contributed by atoms with Crippen LogP contribution in [0.1, 0.15) is 74.6 Å². The summed E-state index contributed by atoms with van der Waals surface area (Å²) in [5.74, 6) is 2.10. The van der Waals surface area contributed by atoms with E-state index in [2.05, 4.69) is 102 Å². The van der Waals surface area contributed by atoms with Crippen molar-refractivity contribution in [3.8, 4) is 11.5 Å². The molecule has 0 radical (unpaired) electrons. The summed E-state index contributed by atoms with van der Waals surface area (Å²) in [6.45, 7) is 16.8. The minimum atomic E-state index is 0.417. The summed E-state index contributed by atoms with van der Waals surface area (Å²) >= 11 is 0. The minimum absolute atomic E-state index is 0.417. The predicted molar refractivity (Wildman–Crippen MR) is 155 cm³/mol. The number of benzene rings is 2. The smallest absolute Gasteiger partial charge is 0.125 e. The van der Waals surface area contributed by atoms with Crippen molar-refractivity contribution in [2.45, 2.75) is 92.2 Å². The van der Waals surface area contributed by atoms with Gasteiger partial charge in [-0.3, -0.25) is 0 Å². The molecule has 0 aliphatic heterocycles. The molecule has 0 aliphatic rings. The van der Waals surface area contributed by atoms with Crippen LogP contribution in [0.15, 0.2) is 36.4 Å². The van der Waals surface area contributed by atoms with Crippen LogP contribution >= 0.6 is 0 Å². The maximum atomic E-state index is 6.15. The van der Waals surface area contributed by atoms with Crippen molar-refractivity contribution in [2.24, 2.45) is 0 Å². The molecule has 0 heterocycles. The van der Waals surface area contributed by atoms with Crippen LogP contribution in [0.4, 0.5) is 0 Å². The fourth-order valence-corrected chi connectivity index (χ4v) is 4.59. The number of nitrogens with zero attached hydrogens (tertiary/aromatic N) is 2. The van der Waals surface area contributed by atoms with Crippen LogP contribution in [0.2, 0.25) is 0 Å². The molecule has 202 valence electrons. The topological polar surface area (TPSA) is 24.9 Å². The quantitative estimate of drug-likeness (QED) is 0.214. The first-order valence-electron chi connectivity index (χ1n) is 14.0. The summed E-state index contributed by atoms with van der Waals surface area (Å²) in [6, 6.07) is 13.5. The molecule has 4 nitrogen and oxygen atoms in total. The summed E-state index contributed by atoms with van der Waals surface area (Å²) in [7, 11) is 4.44. The highest BCUT2D eigenvalue weighted by Gasteiger charge is 2.13. The number of hydrogen-bond donors (Lipinski definition) is 0. The zero-order valence-corrected chi connectivity index (χ0v) is 24.4. The lowest BCUT2D eigenvalue weighted by molar-refractivity contribution is 0.168. The molecule has 2 unspecified atom stereocenters. The fourth-order valence-electron chi connectivity index (χ4n) is 4.59. The van der Waals surface area contributed by atoms with Gasteiger partial charge in [-0.2, -0.15) is 0 Å². The first kappa shape index (κ1) is 30.2. The maximum absolute atomic E-state index is 6.15. The van der Waals surface area contributed by atoms with Gasteiger partial charge in [0, 0.05) is 12.1 Å². The maximum Gasteiger partial charge on any atom is 0.125 e. The highest BCUT2D eigenvalue weighted by molar-refractivity contribution is 5.40. The second-order valence-corrected chi connectivity index (χ2v) is 10.8. The molecule has 0 amide bonds. The van der Waals surface area contributed by atoms with Crippen LogP contribution < -0.4 is 9.47 Å². The molecule has 2 atom stereocenters. The van der Waals surface area contributed by atoms with Crippen LogP contribution in [0.5, 0.6) is 11.5 Å². The Morgan fingerprint density at radius 2 is 0.861 bits per heavy atom. The van der Waals surface area contributed by atoms with Crippen molar-refractivity contribution in [3.05, 3.63) is 58.7 Å². The molecule has 0 spiro atoms. The lowest BCUT2D eigenvalue weighted by Gasteiger charge is -2.26. The van der Waals surface area contributed by atoms with Gasteiger partial charge in [0.2, 0.25) is 0 Å². The van der Waals surface area contributed by atoms with Gasteiger partial charge in [0.15, 0.2) is 0 Å². The molecule has 0 saturated heterocycles. The van der Waals surface area contributed by atoms with Crippen molar-refractivity contribution in [3.63, 3.8) is 0 Å². The third-order valence-corrected chi connectivity index (χ3v) is 7.53. The van der Waals surface area contributed by atoms with E-state index in [1.165, 1.54) is 60.8 Å². The molecule has 4 heteroatoms. The zero-order valence-electron chi connectivity index (χ0n) is 24.4. The number of para-hydroxylation sites is 2. The molecule has 36 heavy (non-hydrogen) atoms. The van der Waals surface area contributed by atoms with Crippen molar-refractivity contribution in [1.82, 2.24) is 9.80 Å². The van der Waals surface area contributed by atoms with Gasteiger partial charge in [0.1, 0.15) is 24.7 Å². The van der Waals surface area contributed by atoms with E-state index in [1.54, 1.807) is 0 Å².